The molecule has 0 unspecified atom stereocenters. The van der Waals surface area contributed by atoms with Gasteiger partial charge in [0.15, 0.2) is 0 Å². The van der Waals surface area contributed by atoms with Crippen molar-refractivity contribution in [3.63, 3.8) is 0 Å². The Morgan fingerprint density at radius 3 is 2.60 bits per heavy atom. The number of carbonyl (C=O) groups is 1. The first kappa shape index (κ1) is 24.8. The van der Waals surface area contributed by atoms with Gasteiger partial charge in [0.1, 0.15) is 17.6 Å². The number of ether oxygens (including phenoxy) is 1. The molecule has 1 aromatic heterocycles. The number of benzene rings is 2. The summed E-state index contributed by atoms with van der Waals surface area (Å²) in [7, 11) is 3.88. The molecule has 1 N–H and O–H groups in total. The molecule has 4 rings (SSSR count). The molecule has 1 aliphatic carbocycles. The molecular weight excluding hydrogens is 464 g/mol. The fourth-order valence-corrected chi connectivity index (χ4v) is 4.94. The number of esters is 1. The van der Waals surface area contributed by atoms with Crippen molar-refractivity contribution in [2.75, 3.05) is 24.3 Å². The highest BCUT2D eigenvalue weighted by molar-refractivity contribution is 6.33. The summed E-state index contributed by atoms with van der Waals surface area (Å²) < 4.78 is 7.36. The van der Waals surface area contributed by atoms with Crippen LogP contribution in [0, 0.1) is 0 Å². The Bertz CT molecular complexity index is 1320. The van der Waals surface area contributed by atoms with Crippen LogP contribution in [0.25, 0.3) is 11.3 Å². The zero-order chi connectivity index (χ0) is 25.3. The van der Waals surface area contributed by atoms with Crippen LogP contribution in [0.3, 0.4) is 0 Å². The summed E-state index contributed by atoms with van der Waals surface area (Å²) in [5.41, 5.74) is 4.59. The number of nitrogens with zero attached hydrogens (tertiary/aromatic N) is 3. The van der Waals surface area contributed by atoms with Gasteiger partial charge in [-0.15, -0.1) is 0 Å². The maximum atomic E-state index is 13.6. The van der Waals surface area contributed by atoms with Gasteiger partial charge in [-0.3, -0.25) is 14.2 Å². The molecular formula is C27H31ClN4O3. The second kappa shape index (κ2) is 10.1. The summed E-state index contributed by atoms with van der Waals surface area (Å²) >= 11 is 6.59. The average Bonchev–Trinajstić information content (AvgIpc) is 3.16. The monoisotopic (exact) mass is 494 g/mol. The Labute approximate surface area is 210 Å². The van der Waals surface area contributed by atoms with E-state index in [4.69, 9.17) is 21.3 Å². The lowest BCUT2D eigenvalue weighted by Gasteiger charge is -2.26. The van der Waals surface area contributed by atoms with Gasteiger partial charge in [0.25, 0.3) is 5.56 Å². The highest BCUT2D eigenvalue weighted by Crippen LogP contribution is 2.37. The molecule has 2 atom stereocenters. The molecule has 8 heteroatoms. The SMILES string of the molecule is CCc1nc(-c2ccc(N(C)C)cc2Cl)c(=O)n(CC)c1N[C@@H]1c2ccccc2C[C@@H]1OC(C)=O. The molecule has 0 amide bonds. The molecule has 7 nitrogen and oxygen atoms in total. The van der Waals surface area contributed by atoms with Gasteiger partial charge in [-0.25, -0.2) is 4.98 Å². The summed E-state index contributed by atoms with van der Waals surface area (Å²) in [6.45, 7) is 5.80. The number of anilines is 2. The van der Waals surface area contributed by atoms with Crippen molar-refractivity contribution in [1.82, 2.24) is 9.55 Å². The van der Waals surface area contributed by atoms with E-state index >= 15 is 0 Å². The highest BCUT2D eigenvalue weighted by Gasteiger charge is 2.36. The smallest absolute Gasteiger partial charge is 0.302 e. The summed E-state index contributed by atoms with van der Waals surface area (Å²) in [5.74, 6) is 0.311. The molecule has 1 heterocycles. The summed E-state index contributed by atoms with van der Waals surface area (Å²) in [4.78, 5) is 32.2. The van der Waals surface area contributed by atoms with Crippen molar-refractivity contribution in [3.05, 3.63) is 74.7 Å². The molecule has 2 aromatic carbocycles. The Morgan fingerprint density at radius 1 is 1.23 bits per heavy atom. The number of rotatable bonds is 7. The highest BCUT2D eigenvalue weighted by atomic mass is 35.5. The Kier molecular flexibility index (Phi) is 7.17. The number of hydrogen-bond donors (Lipinski definition) is 1. The summed E-state index contributed by atoms with van der Waals surface area (Å²) in [5, 5.41) is 4.01. The standard InChI is InChI=1S/C27H31ClN4O3/c1-6-22-26(30-24-19-11-9-8-10-17(19)14-23(24)35-16(3)33)32(7-2)27(34)25(29-22)20-13-12-18(31(4)5)15-21(20)28/h8-13,15,23-24,30H,6-7,14H2,1-5H3/t23-,24+/m0/s1. The minimum Gasteiger partial charge on any atom is -0.460 e. The predicted molar refractivity (Wildman–Crippen MR) is 140 cm³/mol. The van der Waals surface area contributed by atoms with E-state index in [1.54, 1.807) is 4.57 Å². The molecule has 0 saturated heterocycles. The van der Waals surface area contributed by atoms with Gasteiger partial charge >= 0.3 is 5.97 Å². The van der Waals surface area contributed by atoms with E-state index in [2.05, 4.69) is 5.32 Å². The number of hydrogen-bond acceptors (Lipinski definition) is 6. The lowest BCUT2D eigenvalue weighted by atomic mass is 10.1. The topological polar surface area (TPSA) is 76.5 Å². The molecule has 3 aromatic rings. The first-order chi connectivity index (χ1) is 16.7. The molecule has 0 spiro atoms. The maximum absolute atomic E-state index is 13.6. The van der Waals surface area contributed by atoms with E-state index in [0.717, 1.165) is 22.5 Å². The van der Waals surface area contributed by atoms with E-state index in [-0.39, 0.29) is 23.7 Å². The van der Waals surface area contributed by atoms with E-state index in [1.807, 2.05) is 75.3 Å². The molecule has 184 valence electrons. The van der Waals surface area contributed by atoms with E-state index in [9.17, 15) is 9.59 Å². The minimum atomic E-state index is -0.372. The van der Waals surface area contributed by atoms with Crippen LogP contribution < -0.4 is 15.8 Å². The number of carbonyl (C=O) groups excluding carboxylic acids is 1. The number of aryl methyl sites for hydroxylation is 1. The van der Waals surface area contributed by atoms with Crippen LogP contribution in [-0.2, 0) is 28.9 Å². The van der Waals surface area contributed by atoms with Crippen molar-refractivity contribution < 1.29 is 9.53 Å². The quantitative estimate of drug-likeness (QED) is 0.473. The number of halogens is 1. The van der Waals surface area contributed by atoms with Crippen molar-refractivity contribution in [2.24, 2.45) is 0 Å². The fraction of sp³-hybridized carbons (Fsp3) is 0.370. The van der Waals surface area contributed by atoms with Crippen LogP contribution in [0.1, 0.15) is 43.6 Å². The van der Waals surface area contributed by atoms with Crippen LogP contribution in [-0.4, -0.2) is 35.7 Å². The normalized spacial score (nSPS) is 16.6. The lowest BCUT2D eigenvalue weighted by molar-refractivity contribution is -0.146. The van der Waals surface area contributed by atoms with Crippen LogP contribution in [0.2, 0.25) is 5.02 Å². The first-order valence-corrected chi connectivity index (χ1v) is 12.2. The Hall–Kier alpha value is -3.32. The van der Waals surface area contributed by atoms with E-state index in [1.165, 1.54) is 6.92 Å². The third-order valence-corrected chi connectivity index (χ3v) is 6.72. The average molecular weight is 495 g/mol. The molecule has 35 heavy (non-hydrogen) atoms. The minimum absolute atomic E-state index is 0.220. The van der Waals surface area contributed by atoms with Gasteiger partial charge in [-0.1, -0.05) is 42.8 Å². The number of aromatic nitrogens is 2. The second-order valence-electron chi connectivity index (χ2n) is 8.89. The van der Waals surface area contributed by atoms with Gasteiger partial charge in [0, 0.05) is 45.2 Å². The second-order valence-corrected chi connectivity index (χ2v) is 9.30. The van der Waals surface area contributed by atoms with Crippen molar-refractivity contribution >= 4 is 29.1 Å². The fourth-order valence-electron chi connectivity index (χ4n) is 4.68. The summed E-state index contributed by atoms with van der Waals surface area (Å²) in [6, 6.07) is 13.4. The van der Waals surface area contributed by atoms with Crippen molar-refractivity contribution in [2.45, 2.75) is 52.3 Å². The third kappa shape index (κ3) is 4.78. The van der Waals surface area contributed by atoms with Crippen molar-refractivity contribution in [1.29, 1.82) is 0 Å². The molecule has 0 aliphatic heterocycles. The molecule has 0 bridgehead atoms. The third-order valence-electron chi connectivity index (χ3n) is 6.41. The van der Waals surface area contributed by atoms with Gasteiger partial charge < -0.3 is 15.0 Å². The van der Waals surface area contributed by atoms with Crippen LogP contribution in [0.15, 0.2) is 47.3 Å². The first-order valence-electron chi connectivity index (χ1n) is 11.9. The largest absolute Gasteiger partial charge is 0.460 e. The maximum Gasteiger partial charge on any atom is 0.302 e. The van der Waals surface area contributed by atoms with Gasteiger partial charge in [0.2, 0.25) is 0 Å². The van der Waals surface area contributed by atoms with Gasteiger partial charge in [0.05, 0.1) is 16.8 Å². The molecule has 0 radical (unpaired) electrons. The molecule has 0 fully saturated rings. The van der Waals surface area contributed by atoms with Gasteiger partial charge in [-0.2, -0.15) is 0 Å². The lowest BCUT2D eigenvalue weighted by Crippen LogP contribution is -2.32. The zero-order valence-corrected chi connectivity index (χ0v) is 21.5. The Balaban J connectivity index is 1.81. The van der Waals surface area contributed by atoms with Crippen LogP contribution in [0.4, 0.5) is 11.5 Å². The Morgan fingerprint density at radius 2 is 1.97 bits per heavy atom. The van der Waals surface area contributed by atoms with E-state index < -0.39 is 0 Å². The molecule has 1 aliphatic rings. The number of nitrogens with one attached hydrogen (secondary N) is 1. The molecule has 0 saturated carbocycles. The van der Waals surface area contributed by atoms with Crippen LogP contribution in [0.5, 0.6) is 0 Å². The van der Waals surface area contributed by atoms with E-state index in [0.29, 0.717) is 41.5 Å². The van der Waals surface area contributed by atoms with Crippen molar-refractivity contribution in [3.8, 4) is 11.3 Å². The van der Waals surface area contributed by atoms with Gasteiger partial charge in [-0.05, 0) is 42.7 Å². The summed E-state index contributed by atoms with van der Waals surface area (Å²) in [6.07, 6.45) is 0.850. The predicted octanol–water partition coefficient (Wildman–Crippen LogP) is 4.85. The van der Waals surface area contributed by atoms with Crippen LogP contribution >= 0.6 is 11.6 Å². The number of fused-ring (bicyclic) bond motifs is 1. The zero-order valence-electron chi connectivity index (χ0n) is 20.8.